The molecule has 0 N–H and O–H groups in total. The Labute approximate surface area is 91.6 Å². The first-order valence-corrected chi connectivity index (χ1v) is 4.77. The molecular weight excluding hydrogens is 214 g/mol. The maximum Gasteiger partial charge on any atom is 0.182 e. The van der Waals surface area contributed by atoms with Crippen molar-refractivity contribution in [2.24, 2.45) is 0 Å². The van der Waals surface area contributed by atoms with E-state index in [0.717, 1.165) is 5.56 Å². The third-order valence-electron chi connectivity index (χ3n) is 2.04. The number of aromatic nitrogens is 1. The number of nitrogens with zero attached hydrogens (tertiary/aromatic N) is 1. The topological polar surface area (TPSA) is 43.1 Å². The van der Waals surface area contributed by atoms with Gasteiger partial charge < -0.3 is 4.52 Å². The van der Waals surface area contributed by atoms with Gasteiger partial charge in [-0.15, -0.1) is 0 Å². The monoisotopic (exact) mass is 221 g/mol. The van der Waals surface area contributed by atoms with Gasteiger partial charge in [0, 0.05) is 11.9 Å². The molecule has 2 rings (SSSR count). The summed E-state index contributed by atoms with van der Waals surface area (Å²) in [6.07, 6.45) is 1.45. The minimum absolute atomic E-state index is 0.126. The molecule has 1 aromatic heterocycles. The van der Waals surface area contributed by atoms with Crippen molar-refractivity contribution in [3.63, 3.8) is 0 Å². The van der Waals surface area contributed by atoms with Crippen molar-refractivity contribution in [3.8, 4) is 11.1 Å². The summed E-state index contributed by atoms with van der Waals surface area (Å²) >= 11 is 5.86. The van der Waals surface area contributed by atoms with E-state index >= 15 is 0 Å². The van der Waals surface area contributed by atoms with Gasteiger partial charge in [-0.2, -0.15) is 0 Å². The Morgan fingerprint density at radius 1 is 1.47 bits per heavy atom. The minimum atomic E-state index is -0.126. The van der Waals surface area contributed by atoms with Crippen molar-refractivity contribution in [2.45, 2.75) is 6.92 Å². The molecule has 0 saturated heterocycles. The van der Waals surface area contributed by atoms with Crippen LogP contribution >= 0.6 is 11.6 Å². The van der Waals surface area contributed by atoms with E-state index in [1.165, 1.54) is 13.2 Å². The number of hydrogen-bond acceptors (Lipinski definition) is 3. The molecule has 0 fully saturated rings. The average Bonchev–Trinajstić information content (AvgIpc) is 2.65. The first kappa shape index (κ1) is 9.93. The second-order valence-corrected chi connectivity index (χ2v) is 3.58. The van der Waals surface area contributed by atoms with E-state index in [0.29, 0.717) is 16.3 Å². The lowest BCUT2D eigenvalue weighted by atomic mass is 10.1. The molecule has 76 valence electrons. The van der Waals surface area contributed by atoms with Gasteiger partial charge in [-0.05, 0) is 17.7 Å². The van der Waals surface area contributed by atoms with Crippen molar-refractivity contribution >= 4 is 17.4 Å². The molecule has 3 nitrogen and oxygen atoms in total. The standard InChI is InChI=1S/C11H8ClNO2/c1-7(14)11-10(6-15-13-11)8-3-2-4-9(12)5-8/h2-6H,1H3. The fourth-order valence-corrected chi connectivity index (χ4v) is 1.54. The lowest BCUT2D eigenvalue weighted by Gasteiger charge is -1.98. The highest BCUT2D eigenvalue weighted by Crippen LogP contribution is 2.25. The number of carbonyl (C=O) groups excluding carboxylic acids is 1. The quantitative estimate of drug-likeness (QED) is 0.732. The molecule has 2 aromatic rings. The Hall–Kier alpha value is -1.61. The SMILES string of the molecule is CC(=O)c1nocc1-c1cccc(Cl)c1. The number of rotatable bonds is 2. The normalized spacial score (nSPS) is 10.3. The highest BCUT2D eigenvalue weighted by molar-refractivity contribution is 6.30. The number of Topliss-reactive ketones (excluding diaryl/α,β-unsaturated/α-hetero) is 1. The van der Waals surface area contributed by atoms with Crippen LogP contribution in [0.25, 0.3) is 11.1 Å². The van der Waals surface area contributed by atoms with Crippen LogP contribution in [0.15, 0.2) is 35.1 Å². The van der Waals surface area contributed by atoms with Crippen LogP contribution < -0.4 is 0 Å². The van der Waals surface area contributed by atoms with Gasteiger partial charge >= 0.3 is 0 Å². The number of carbonyl (C=O) groups is 1. The van der Waals surface area contributed by atoms with Crippen LogP contribution in [0.5, 0.6) is 0 Å². The highest BCUT2D eigenvalue weighted by atomic mass is 35.5. The van der Waals surface area contributed by atoms with Crippen LogP contribution in [0, 0.1) is 0 Å². The number of hydrogen-bond donors (Lipinski definition) is 0. The Morgan fingerprint density at radius 2 is 2.27 bits per heavy atom. The van der Waals surface area contributed by atoms with Crippen LogP contribution in [0.3, 0.4) is 0 Å². The van der Waals surface area contributed by atoms with Gasteiger partial charge in [0.15, 0.2) is 11.5 Å². The zero-order valence-corrected chi connectivity index (χ0v) is 8.78. The van der Waals surface area contributed by atoms with Crippen molar-refractivity contribution in [1.82, 2.24) is 5.16 Å². The predicted molar refractivity (Wildman–Crippen MR) is 57.0 cm³/mol. The van der Waals surface area contributed by atoms with Crippen LogP contribution in [-0.2, 0) is 0 Å². The van der Waals surface area contributed by atoms with E-state index in [4.69, 9.17) is 16.1 Å². The lowest BCUT2D eigenvalue weighted by Crippen LogP contribution is -1.94. The smallest absolute Gasteiger partial charge is 0.182 e. The van der Waals surface area contributed by atoms with Gasteiger partial charge in [0.1, 0.15) is 6.26 Å². The molecule has 0 amide bonds. The van der Waals surface area contributed by atoms with E-state index in [-0.39, 0.29) is 5.78 Å². The maximum atomic E-state index is 11.2. The summed E-state index contributed by atoms with van der Waals surface area (Å²) < 4.78 is 4.79. The highest BCUT2D eigenvalue weighted by Gasteiger charge is 2.13. The molecule has 0 aliphatic heterocycles. The van der Waals surface area contributed by atoms with Crippen LogP contribution in [0.1, 0.15) is 17.4 Å². The summed E-state index contributed by atoms with van der Waals surface area (Å²) in [5.74, 6) is -0.126. The molecule has 0 radical (unpaired) electrons. The molecular formula is C11H8ClNO2. The molecule has 1 aromatic carbocycles. The molecule has 4 heteroatoms. The van der Waals surface area contributed by atoms with E-state index in [1.54, 1.807) is 12.1 Å². The van der Waals surface area contributed by atoms with E-state index < -0.39 is 0 Å². The summed E-state index contributed by atoms with van der Waals surface area (Å²) in [6, 6.07) is 7.20. The Morgan fingerprint density at radius 3 is 2.93 bits per heavy atom. The molecule has 0 bridgehead atoms. The molecule has 0 unspecified atom stereocenters. The summed E-state index contributed by atoms with van der Waals surface area (Å²) in [5.41, 5.74) is 1.83. The van der Waals surface area contributed by atoms with Crippen LogP contribution in [0.2, 0.25) is 5.02 Å². The fourth-order valence-electron chi connectivity index (χ4n) is 1.35. The third kappa shape index (κ3) is 1.92. The second kappa shape index (κ2) is 3.87. The molecule has 0 aliphatic rings. The molecule has 0 spiro atoms. The molecule has 1 heterocycles. The number of benzene rings is 1. The largest absolute Gasteiger partial charge is 0.363 e. The van der Waals surface area contributed by atoms with Crippen molar-refractivity contribution in [1.29, 1.82) is 0 Å². The number of ketones is 1. The summed E-state index contributed by atoms with van der Waals surface area (Å²) in [4.78, 5) is 11.2. The van der Waals surface area contributed by atoms with Crippen molar-refractivity contribution in [2.75, 3.05) is 0 Å². The average molecular weight is 222 g/mol. The van der Waals surface area contributed by atoms with Gasteiger partial charge in [0.25, 0.3) is 0 Å². The molecule has 0 saturated carbocycles. The zero-order chi connectivity index (χ0) is 10.8. The second-order valence-electron chi connectivity index (χ2n) is 3.14. The Kier molecular flexibility index (Phi) is 2.56. The van der Waals surface area contributed by atoms with E-state index in [9.17, 15) is 4.79 Å². The van der Waals surface area contributed by atoms with E-state index in [2.05, 4.69) is 5.16 Å². The first-order valence-electron chi connectivity index (χ1n) is 4.40. The summed E-state index contributed by atoms with van der Waals surface area (Å²) in [6.45, 7) is 1.45. The summed E-state index contributed by atoms with van der Waals surface area (Å²) in [7, 11) is 0. The predicted octanol–water partition coefficient (Wildman–Crippen LogP) is 3.20. The molecule has 0 aliphatic carbocycles. The van der Waals surface area contributed by atoms with Gasteiger partial charge in [-0.1, -0.05) is 28.9 Å². The van der Waals surface area contributed by atoms with Crippen LogP contribution in [0.4, 0.5) is 0 Å². The maximum absolute atomic E-state index is 11.2. The van der Waals surface area contributed by atoms with Gasteiger partial charge in [0.2, 0.25) is 0 Å². The Bertz CT molecular complexity index is 505. The summed E-state index contributed by atoms with van der Waals surface area (Å²) in [5, 5.41) is 4.27. The Balaban J connectivity index is 2.54. The minimum Gasteiger partial charge on any atom is -0.363 e. The van der Waals surface area contributed by atoms with E-state index in [1.807, 2.05) is 12.1 Å². The molecule has 15 heavy (non-hydrogen) atoms. The van der Waals surface area contributed by atoms with Crippen LogP contribution in [-0.4, -0.2) is 10.9 Å². The fraction of sp³-hybridized carbons (Fsp3) is 0.0909. The lowest BCUT2D eigenvalue weighted by molar-refractivity contribution is 0.101. The van der Waals surface area contributed by atoms with Gasteiger partial charge in [-0.3, -0.25) is 4.79 Å². The molecule has 0 atom stereocenters. The first-order chi connectivity index (χ1) is 7.18. The van der Waals surface area contributed by atoms with Crippen molar-refractivity contribution < 1.29 is 9.32 Å². The number of halogens is 1. The van der Waals surface area contributed by atoms with Crippen molar-refractivity contribution in [3.05, 3.63) is 41.2 Å². The van der Waals surface area contributed by atoms with Gasteiger partial charge in [-0.25, -0.2) is 0 Å². The third-order valence-corrected chi connectivity index (χ3v) is 2.27. The van der Waals surface area contributed by atoms with Gasteiger partial charge in [0.05, 0.1) is 5.56 Å². The zero-order valence-electron chi connectivity index (χ0n) is 8.03.